The molecule has 0 aliphatic carbocycles. The van der Waals surface area contributed by atoms with E-state index < -0.39 is 0 Å². The van der Waals surface area contributed by atoms with E-state index in [0.717, 1.165) is 29.9 Å². The zero-order valence-corrected chi connectivity index (χ0v) is 20.0. The maximum Gasteiger partial charge on any atom is 0.269 e. The topological polar surface area (TPSA) is 78.7 Å². The van der Waals surface area contributed by atoms with Crippen molar-refractivity contribution in [1.29, 1.82) is 0 Å². The summed E-state index contributed by atoms with van der Waals surface area (Å²) in [5, 5.41) is 15.2. The molecular weight excluding hydrogens is 464 g/mol. The molecule has 2 aliphatic heterocycles. The van der Waals surface area contributed by atoms with Crippen LogP contribution >= 0.6 is 11.6 Å². The van der Waals surface area contributed by atoms with Gasteiger partial charge in [0.2, 0.25) is 5.91 Å². The smallest absolute Gasteiger partial charge is 0.269 e. The second-order valence-corrected chi connectivity index (χ2v) is 9.47. The lowest BCUT2D eigenvalue weighted by Gasteiger charge is -2.49. The number of hydrogen-bond acceptors (Lipinski definition) is 5. The number of carbonyl (C=O) groups excluding carboxylic acids is 1. The number of hydrogen-bond donors (Lipinski definition) is 1. The van der Waals surface area contributed by atoms with Crippen molar-refractivity contribution >= 4 is 34.6 Å². The Hall–Kier alpha value is -3.58. The lowest BCUT2D eigenvalue weighted by Crippen LogP contribution is -2.61. The van der Waals surface area contributed by atoms with Gasteiger partial charge in [0.25, 0.3) is 5.69 Å². The number of carbonyl (C=O) groups is 1. The molecule has 0 unspecified atom stereocenters. The quantitative estimate of drug-likeness (QED) is 0.407. The van der Waals surface area contributed by atoms with Gasteiger partial charge in [0.15, 0.2) is 0 Å². The highest BCUT2D eigenvalue weighted by atomic mass is 35.5. The Kier molecular flexibility index (Phi) is 6.59. The number of anilines is 2. The second-order valence-electron chi connectivity index (χ2n) is 9.07. The monoisotopic (exact) mass is 490 g/mol. The number of non-ortho nitro benzene ring substituents is 1. The van der Waals surface area contributed by atoms with Crippen LogP contribution in [0.3, 0.4) is 0 Å². The number of nitrogens with zero attached hydrogens (tertiary/aromatic N) is 3. The van der Waals surface area contributed by atoms with Crippen molar-refractivity contribution in [3.05, 3.63) is 99.1 Å². The summed E-state index contributed by atoms with van der Waals surface area (Å²) < 4.78 is 0. The first-order chi connectivity index (χ1) is 17.0. The second kappa shape index (κ2) is 9.96. The van der Waals surface area contributed by atoms with Crippen LogP contribution in [0, 0.1) is 16.0 Å². The van der Waals surface area contributed by atoms with Crippen LogP contribution in [0.2, 0.25) is 5.02 Å². The summed E-state index contributed by atoms with van der Waals surface area (Å²) in [5.74, 6) is -0.348. The van der Waals surface area contributed by atoms with Crippen LogP contribution in [0.15, 0.2) is 72.8 Å². The number of para-hydroxylation sites is 1. The van der Waals surface area contributed by atoms with Crippen molar-refractivity contribution in [2.75, 3.05) is 36.0 Å². The molecule has 2 aliphatic rings. The van der Waals surface area contributed by atoms with Crippen LogP contribution in [-0.2, 0) is 17.6 Å². The van der Waals surface area contributed by atoms with Crippen LogP contribution < -0.4 is 15.1 Å². The van der Waals surface area contributed by atoms with E-state index in [2.05, 4.69) is 15.1 Å². The van der Waals surface area contributed by atoms with Gasteiger partial charge in [0, 0.05) is 44.0 Å². The van der Waals surface area contributed by atoms with Gasteiger partial charge < -0.3 is 15.1 Å². The fraction of sp³-hybridized carbons (Fsp3) is 0.296. The maximum absolute atomic E-state index is 13.5. The highest BCUT2D eigenvalue weighted by molar-refractivity contribution is 6.33. The standard InChI is InChI=1S/C27H27ClN4O3/c28-23-8-4-5-9-25(23)30-14-15-31-24-11-10-21(32(34)35)16-20(24)17-22(26(31)18-30)27(33)29-13-12-19-6-2-1-3-7-19/h1-11,16,22,26H,12-15,17-18H2,(H,29,33)/t22-,26+/m1/s1. The normalized spacial score (nSPS) is 19.0. The van der Waals surface area contributed by atoms with Gasteiger partial charge in [0.05, 0.1) is 27.6 Å². The van der Waals surface area contributed by atoms with E-state index in [9.17, 15) is 14.9 Å². The largest absolute Gasteiger partial charge is 0.366 e. The Bertz CT molecular complexity index is 1240. The number of piperazine rings is 1. The molecule has 0 bridgehead atoms. The van der Waals surface area contributed by atoms with Crippen LogP contribution in [0.4, 0.5) is 17.1 Å². The summed E-state index contributed by atoms with van der Waals surface area (Å²) in [6, 6.07) is 22.8. The van der Waals surface area contributed by atoms with Crippen molar-refractivity contribution in [3.63, 3.8) is 0 Å². The fourth-order valence-electron chi connectivity index (χ4n) is 5.26. The molecule has 0 spiro atoms. The first-order valence-corrected chi connectivity index (χ1v) is 12.2. The minimum Gasteiger partial charge on any atom is -0.366 e. The van der Waals surface area contributed by atoms with E-state index in [1.165, 1.54) is 5.56 Å². The molecule has 3 aromatic rings. The van der Waals surface area contributed by atoms with Crippen LogP contribution in [-0.4, -0.2) is 43.1 Å². The molecular formula is C27H27ClN4O3. The summed E-state index contributed by atoms with van der Waals surface area (Å²) in [6.07, 6.45) is 1.22. The predicted octanol–water partition coefficient (Wildman–Crippen LogP) is 4.47. The average molecular weight is 491 g/mol. The third kappa shape index (κ3) is 4.82. The average Bonchev–Trinajstić information content (AvgIpc) is 2.88. The van der Waals surface area contributed by atoms with Crippen LogP contribution in [0.5, 0.6) is 0 Å². The van der Waals surface area contributed by atoms with Gasteiger partial charge in [-0.25, -0.2) is 0 Å². The number of fused-ring (bicyclic) bond motifs is 3. The molecule has 2 heterocycles. The highest BCUT2D eigenvalue weighted by Gasteiger charge is 2.42. The number of nitro benzene ring substituents is 1. The van der Waals surface area contributed by atoms with Gasteiger partial charge in [-0.1, -0.05) is 54.1 Å². The summed E-state index contributed by atoms with van der Waals surface area (Å²) in [6.45, 7) is 2.65. The summed E-state index contributed by atoms with van der Waals surface area (Å²) in [5.41, 5.74) is 4.02. The first kappa shape index (κ1) is 23.2. The third-order valence-electron chi connectivity index (χ3n) is 6.99. The molecule has 0 radical (unpaired) electrons. The van der Waals surface area contributed by atoms with Crippen LogP contribution in [0.25, 0.3) is 0 Å². The van der Waals surface area contributed by atoms with E-state index >= 15 is 0 Å². The lowest BCUT2D eigenvalue weighted by atomic mass is 9.83. The minimum atomic E-state index is -0.378. The molecule has 180 valence electrons. The number of benzene rings is 3. The van der Waals surface area contributed by atoms with Crippen molar-refractivity contribution in [2.24, 2.45) is 5.92 Å². The molecule has 1 amide bonds. The van der Waals surface area contributed by atoms with Gasteiger partial charge >= 0.3 is 0 Å². The van der Waals surface area contributed by atoms with Gasteiger partial charge in [-0.2, -0.15) is 0 Å². The third-order valence-corrected chi connectivity index (χ3v) is 7.31. The van der Waals surface area contributed by atoms with Crippen LogP contribution in [0.1, 0.15) is 11.1 Å². The van der Waals surface area contributed by atoms with Gasteiger partial charge in [-0.15, -0.1) is 0 Å². The molecule has 7 nitrogen and oxygen atoms in total. The Balaban J connectivity index is 1.40. The van der Waals surface area contributed by atoms with Crippen molar-refractivity contribution in [3.8, 4) is 0 Å². The summed E-state index contributed by atoms with van der Waals surface area (Å²) in [7, 11) is 0. The molecule has 0 aromatic heterocycles. The van der Waals surface area contributed by atoms with E-state index in [1.807, 2.05) is 60.7 Å². The van der Waals surface area contributed by atoms with E-state index in [0.29, 0.717) is 31.1 Å². The Morgan fingerprint density at radius 1 is 1.03 bits per heavy atom. The Labute approximate surface area is 209 Å². The molecule has 0 saturated carbocycles. The first-order valence-electron chi connectivity index (χ1n) is 11.9. The molecule has 1 saturated heterocycles. The van der Waals surface area contributed by atoms with Gasteiger partial charge in [-0.3, -0.25) is 14.9 Å². The Morgan fingerprint density at radius 3 is 2.57 bits per heavy atom. The SMILES string of the molecule is O=C(NCCc1ccccc1)[C@@H]1Cc2cc([N+](=O)[O-])ccc2N2CCN(c3ccccc3Cl)C[C@@H]12. The zero-order valence-electron chi connectivity index (χ0n) is 19.3. The lowest BCUT2D eigenvalue weighted by molar-refractivity contribution is -0.384. The van der Waals surface area contributed by atoms with Crippen molar-refractivity contribution < 1.29 is 9.72 Å². The Morgan fingerprint density at radius 2 is 1.80 bits per heavy atom. The van der Waals surface area contributed by atoms with E-state index in [4.69, 9.17) is 11.6 Å². The highest BCUT2D eigenvalue weighted by Crippen LogP contribution is 2.39. The predicted molar refractivity (Wildman–Crippen MR) is 138 cm³/mol. The molecule has 35 heavy (non-hydrogen) atoms. The number of nitro groups is 1. The van der Waals surface area contributed by atoms with Gasteiger partial charge in [0.1, 0.15) is 0 Å². The minimum absolute atomic E-state index is 0.0194. The molecule has 1 N–H and O–H groups in total. The summed E-state index contributed by atoms with van der Waals surface area (Å²) >= 11 is 6.49. The van der Waals surface area contributed by atoms with Gasteiger partial charge in [-0.05, 0) is 42.2 Å². The molecule has 5 rings (SSSR count). The molecule has 3 aromatic carbocycles. The van der Waals surface area contributed by atoms with E-state index in [1.54, 1.807) is 12.1 Å². The molecule has 2 atom stereocenters. The molecule has 8 heteroatoms. The number of amides is 1. The summed E-state index contributed by atoms with van der Waals surface area (Å²) in [4.78, 5) is 29.0. The maximum atomic E-state index is 13.5. The van der Waals surface area contributed by atoms with E-state index in [-0.39, 0.29) is 28.5 Å². The number of nitrogens with one attached hydrogen (secondary N) is 1. The number of rotatable bonds is 6. The van der Waals surface area contributed by atoms with Crippen molar-refractivity contribution in [2.45, 2.75) is 18.9 Å². The number of halogens is 1. The molecule has 1 fully saturated rings. The fourth-order valence-corrected chi connectivity index (χ4v) is 5.51. The zero-order chi connectivity index (χ0) is 24.4. The van der Waals surface area contributed by atoms with Crippen molar-refractivity contribution in [1.82, 2.24) is 5.32 Å².